The highest BCUT2D eigenvalue weighted by molar-refractivity contribution is 5.70. The van der Waals surface area contributed by atoms with Gasteiger partial charge >= 0.3 is 6.09 Å². The highest BCUT2D eigenvalue weighted by Crippen LogP contribution is 2.34. The number of carbonyl (C=O) groups is 1. The van der Waals surface area contributed by atoms with Crippen molar-refractivity contribution in [3.8, 4) is 0 Å². The summed E-state index contributed by atoms with van der Waals surface area (Å²) in [4.78, 5) is 19.1. The van der Waals surface area contributed by atoms with Crippen molar-refractivity contribution in [1.29, 1.82) is 0 Å². The fraction of sp³-hybridized carbons (Fsp3) is 0.947. The average molecular weight is 354 g/mol. The summed E-state index contributed by atoms with van der Waals surface area (Å²) in [6.07, 6.45) is 3.96. The summed E-state index contributed by atoms with van der Waals surface area (Å²) >= 11 is 0. The molecular formula is C19H35N3O3. The molecule has 25 heavy (non-hydrogen) atoms. The summed E-state index contributed by atoms with van der Waals surface area (Å²) in [5, 5.41) is 0. The number of likely N-dealkylation sites (tertiary alicyclic amines) is 1. The molecule has 0 saturated carbocycles. The maximum atomic E-state index is 12.3. The molecule has 0 bridgehead atoms. The number of amides is 1. The van der Waals surface area contributed by atoms with Crippen LogP contribution in [0.5, 0.6) is 0 Å². The lowest BCUT2D eigenvalue weighted by Gasteiger charge is -2.39. The third-order valence-corrected chi connectivity index (χ3v) is 5.82. The van der Waals surface area contributed by atoms with Crippen molar-refractivity contribution < 1.29 is 14.3 Å². The maximum Gasteiger partial charge on any atom is 0.410 e. The molecule has 0 radical (unpaired) electrons. The van der Waals surface area contributed by atoms with E-state index in [0.29, 0.717) is 12.0 Å². The Balaban J connectivity index is 1.41. The molecule has 0 aromatic heterocycles. The summed E-state index contributed by atoms with van der Waals surface area (Å²) in [7, 11) is 2.16. The van der Waals surface area contributed by atoms with E-state index in [1.807, 2.05) is 4.90 Å². The van der Waals surface area contributed by atoms with Crippen LogP contribution in [0.25, 0.3) is 0 Å². The van der Waals surface area contributed by atoms with Gasteiger partial charge in [-0.2, -0.15) is 0 Å². The van der Waals surface area contributed by atoms with Gasteiger partial charge in [0.25, 0.3) is 0 Å². The number of nitrogens with zero attached hydrogens (tertiary/aromatic N) is 3. The van der Waals surface area contributed by atoms with Gasteiger partial charge in [-0.15, -0.1) is 0 Å². The molecule has 3 rings (SSSR count). The Labute approximate surface area is 152 Å². The second kappa shape index (κ2) is 8.23. The number of rotatable bonds is 7. The van der Waals surface area contributed by atoms with E-state index < -0.39 is 0 Å². The highest BCUT2D eigenvalue weighted by atomic mass is 16.6. The van der Waals surface area contributed by atoms with Crippen LogP contribution in [0.4, 0.5) is 4.79 Å². The van der Waals surface area contributed by atoms with Crippen LogP contribution < -0.4 is 0 Å². The van der Waals surface area contributed by atoms with Crippen molar-refractivity contribution in [3.05, 3.63) is 0 Å². The Hall–Kier alpha value is -0.850. The van der Waals surface area contributed by atoms with Gasteiger partial charge in [0.1, 0.15) is 5.60 Å². The van der Waals surface area contributed by atoms with Crippen LogP contribution in [-0.4, -0.2) is 92.0 Å². The normalized spacial score (nSPS) is 27.0. The molecule has 1 spiro atoms. The van der Waals surface area contributed by atoms with E-state index in [0.717, 1.165) is 78.2 Å². The Bertz CT molecular complexity index is 443. The number of ether oxygens (including phenoxy) is 2. The molecule has 0 aromatic carbocycles. The van der Waals surface area contributed by atoms with E-state index >= 15 is 0 Å². The average Bonchev–Trinajstić information content (AvgIpc) is 3.17. The Morgan fingerprint density at radius 2 is 2.08 bits per heavy atom. The zero-order valence-corrected chi connectivity index (χ0v) is 16.2. The SMILES string of the molecule is CC(C)CN(C)CCCN1CC2(CCN(C3CCOC3)CC2)OC1=O. The second-order valence-corrected chi connectivity index (χ2v) is 8.54. The zero-order chi connectivity index (χ0) is 17.9. The molecule has 1 amide bonds. The standard InChI is InChI=1S/C19H35N3O3/c1-16(2)13-20(3)8-4-9-22-15-19(25-18(22)23)6-10-21(11-7-19)17-5-12-24-14-17/h16-17H,4-15H2,1-3H3. The molecule has 0 N–H and O–H groups in total. The third-order valence-electron chi connectivity index (χ3n) is 5.82. The van der Waals surface area contributed by atoms with Gasteiger partial charge in [0.05, 0.1) is 13.2 Å². The molecule has 3 fully saturated rings. The first-order chi connectivity index (χ1) is 12.0. The van der Waals surface area contributed by atoms with Crippen LogP contribution in [0.15, 0.2) is 0 Å². The predicted molar refractivity (Wildman–Crippen MR) is 97.8 cm³/mol. The van der Waals surface area contributed by atoms with Crippen LogP contribution >= 0.6 is 0 Å². The van der Waals surface area contributed by atoms with Gasteiger partial charge in [0.2, 0.25) is 0 Å². The topological polar surface area (TPSA) is 45.2 Å². The van der Waals surface area contributed by atoms with Gasteiger partial charge in [0, 0.05) is 51.7 Å². The van der Waals surface area contributed by atoms with Gasteiger partial charge in [0.15, 0.2) is 0 Å². The molecule has 144 valence electrons. The molecular weight excluding hydrogens is 318 g/mol. The van der Waals surface area contributed by atoms with E-state index in [9.17, 15) is 4.79 Å². The summed E-state index contributed by atoms with van der Waals surface area (Å²) in [5.41, 5.74) is -0.239. The predicted octanol–water partition coefficient (Wildman–Crippen LogP) is 2.04. The molecule has 0 aromatic rings. The monoisotopic (exact) mass is 353 g/mol. The lowest BCUT2D eigenvalue weighted by atomic mass is 9.90. The fourth-order valence-electron chi connectivity index (χ4n) is 4.48. The molecule has 3 aliphatic rings. The summed E-state index contributed by atoms with van der Waals surface area (Å²) in [6, 6.07) is 0.571. The number of hydrogen-bond acceptors (Lipinski definition) is 5. The van der Waals surface area contributed by atoms with E-state index in [1.165, 1.54) is 0 Å². The van der Waals surface area contributed by atoms with Gasteiger partial charge in [-0.1, -0.05) is 13.8 Å². The molecule has 3 aliphatic heterocycles. The van der Waals surface area contributed by atoms with E-state index in [2.05, 4.69) is 30.7 Å². The van der Waals surface area contributed by atoms with E-state index in [-0.39, 0.29) is 11.7 Å². The molecule has 1 atom stereocenters. The molecule has 3 heterocycles. The Morgan fingerprint density at radius 3 is 2.72 bits per heavy atom. The van der Waals surface area contributed by atoms with Gasteiger partial charge in [-0.3, -0.25) is 4.90 Å². The fourth-order valence-corrected chi connectivity index (χ4v) is 4.48. The summed E-state index contributed by atoms with van der Waals surface area (Å²) in [6.45, 7) is 12.0. The smallest absolute Gasteiger partial charge is 0.410 e. The van der Waals surface area contributed by atoms with Crippen LogP contribution in [0.2, 0.25) is 0 Å². The zero-order valence-electron chi connectivity index (χ0n) is 16.2. The van der Waals surface area contributed by atoms with Gasteiger partial charge < -0.3 is 19.3 Å². The largest absolute Gasteiger partial charge is 0.441 e. The lowest BCUT2D eigenvalue weighted by Crippen LogP contribution is -2.50. The Morgan fingerprint density at radius 1 is 1.32 bits per heavy atom. The van der Waals surface area contributed by atoms with Crippen LogP contribution in [0, 0.1) is 5.92 Å². The summed E-state index contributed by atoms with van der Waals surface area (Å²) in [5.74, 6) is 0.681. The second-order valence-electron chi connectivity index (χ2n) is 8.54. The molecule has 6 nitrogen and oxygen atoms in total. The molecule has 1 unspecified atom stereocenters. The first kappa shape index (κ1) is 18.9. The minimum atomic E-state index is -0.239. The quantitative estimate of drug-likeness (QED) is 0.701. The van der Waals surface area contributed by atoms with Crippen LogP contribution in [-0.2, 0) is 9.47 Å². The van der Waals surface area contributed by atoms with Crippen molar-refractivity contribution >= 4 is 6.09 Å². The van der Waals surface area contributed by atoms with Crippen LogP contribution in [0.1, 0.15) is 39.5 Å². The van der Waals surface area contributed by atoms with Crippen molar-refractivity contribution in [1.82, 2.24) is 14.7 Å². The summed E-state index contributed by atoms with van der Waals surface area (Å²) < 4.78 is 11.4. The Kier molecular flexibility index (Phi) is 6.23. The number of piperidine rings is 1. The number of carbonyl (C=O) groups excluding carboxylic acids is 1. The first-order valence-electron chi connectivity index (χ1n) is 9.96. The van der Waals surface area contributed by atoms with Crippen molar-refractivity contribution in [3.63, 3.8) is 0 Å². The van der Waals surface area contributed by atoms with E-state index in [1.54, 1.807) is 0 Å². The molecule has 6 heteroatoms. The van der Waals surface area contributed by atoms with Gasteiger partial charge in [-0.05, 0) is 32.4 Å². The number of hydrogen-bond donors (Lipinski definition) is 0. The van der Waals surface area contributed by atoms with E-state index in [4.69, 9.17) is 9.47 Å². The third kappa shape index (κ3) is 4.86. The minimum absolute atomic E-state index is 0.107. The molecule has 0 aliphatic carbocycles. The minimum Gasteiger partial charge on any atom is -0.441 e. The van der Waals surface area contributed by atoms with Crippen LogP contribution in [0.3, 0.4) is 0 Å². The maximum absolute atomic E-state index is 12.3. The van der Waals surface area contributed by atoms with Crippen molar-refractivity contribution in [2.24, 2.45) is 5.92 Å². The highest BCUT2D eigenvalue weighted by Gasteiger charge is 2.47. The first-order valence-corrected chi connectivity index (χ1v) is 9.96. The molecule has 3 saturated heterocycles. The van der Waals surface area contributed by atoms with Crippen molar-refractivity contribution in [2.45, 2.75) is 51.2 Å². The lowest BCUT2D eigenvalue weighted by molar-refractivity contribution is -0.0111. The van der Waals surface area contributed by atoms with Gasteiger partial charge in [-0.25, -0.2) is 4.79 Å². The van der Waals surface area contributed by atoms with Crippen molar-refractivity contribution in [2.75, 3.05) is 59.5 Å².